The highest BCUT2D eigenvalue weighted by Gasteiger charge is 2.31. The van der Waals surface area contributed by atoms with Gasteiger partial charge < -0.3 is 0 Å². The van der Waals surface area contributed by atoms with E-state index in [1.54, 1.807) is 6.21 Å². The van der Waals surface area contributed by atoms with Gasteiger partial charge in [-0.2, -0.15) is 5.10 Å². The van der Waals surface area contributed by atoms with E-state index in [0.29, 0.717) is 6.54 Å². The van der Waals surface area contributed by atoms with E-state index < -0.39 is 0 Å². The molecule has 52 valence electrons. The lowest BCUT2D eigenvalue weighted by Gasteiger charge is -2.16. The predicted molar refractivity (Wildman–Crippen MR) is 37.3 cm³/mol. The minimum Gasteiger partial charge on any atom is -0.299 e. The van der Waals surface area contributed by atoms with Crippen LogP contribution in [0.1, 0.15) is 0 Å². The summed E-state index contributed by atoms with van der Waals surface area (Å²) in [4.78, 5) is 14.9. The van der Waals surface area contributed by atoms with E-state index >= 15 is 0 Å². The van der Waals surface area contributed by atoms with Crippen molar-refractivity contribution < 1.29 is 4.79 Å². The number of ketones is 1. The maximum Gasteiger partial charge on any atom is 0.197 e. The number of hydrogen-bond donors (Lipinski definition) is 1. The first-order chi connectivity index (χ1) is 4.88. The Morgan fingerprint density at radius 2 is 2.60 bits per heavy atom. The smallest absolute Gasteiger partial charge is 0.197 e. The SMILES string of the molecule is O=C1C=NCC2C=NNC12. The van der Waals surface area contributed by atoms with E-state index in [9.17, 15) is 4.79 Å². The molecule has 2 aliphatic rings. The average molecular weight is 137 g/mol. The molecule has 0 bridgehead atoms. The summed E-state index contributed by atoms with van der Waals surface area (Å²) in [6.07, 6.45) is 3.13. The van der Waals surface area contributed by atoms with Crippen molar-refractivity contribution in [2.24, 2.45) is 16.0 Å². The molecule has 2 rings (SSSR count). The lowest BCUT2D eigenvalue weighted by atomic mass is 9.97. The van der Waals surface area contributed by atoms with Crippen LogP contribution in [0.2, 0.25) is 0 Å². The molecule has 0 saturated carbocycles. The Morgan fingerprint density at radius 1 is 1.70 bits per heavy atom. The Labute approximate surface area is 58.0 Å². The third-order valence-corrected chi connectivity index (χ3v) is 1.75. The molecule has 0 radical (unpaired) electrons. The first kappa shape index (κ1) is 5.58. The van der Waals surface area contributed by atoms with E-state index in [0.717, 1.165) is 0 Å². The number of hydrogen-bond acceptors (Lipinski definition) is 4. The fourth-order valence-corrected chi connectivity index (χ4v) is 1.17. The van der Waals surface area contributed by atoms with E-state index in [2.05, 4.69) is 15.5 Å². The van der Waals surface area contributed by atoms with Crippen LogP contribution in [0.3, 0.4) is 0 Å². The molecule has 4 heteroatoms. The van der Waals surface area contributed by atoms with Gasteiger partial charge >= 0.3 is 0 Å². The summed E-state index contributed by atoms with van der Waals surface area (Å²) in [5, 5.41) is 3.80. The Bertz CT molecular complexity index is 221. The van der Waals surface area contributed by atoms with Crippen molar-refractivity contribution in [3.05, 3.63) is 0 Å². The van der Waals surface area contributed by atoms with Crippen molar-refractivity contribution in [3.63, 3.8) is 0 Å². The zero-order chi connectivity index (χ0) is 6.97. The molecule has 2 heterocycles. The topological polar surface area (TPSA) is 53.8 Å². The van der Waals surface area contributed by atoms with Crippen molar-refractivity contribution in [1.29, 1.82) is 0 Å². The number of Topliss-reactive ketones (excluding diaryl/α,β-unsaturated/α-hetero) is 1. The molecule has 0 spiro atoms. The van der Waals surface area contributed by atoms with Crippen LogP contribution in [0.4, 0.5) is 0 Å². The number of aliphatic imine (C=N–C) groups is 1. The Hall–Kier alpha value is -1.19. The van der Waals surface area contributed by atoms with Gasteiger partial charge in [-0.1, -0.05) is 0 Å². The van der Waals surface area contributed by atoms with Gasteiger partial charge in [-0.3, -0.25) is 15.2 Å². The molecule has 10 heavy (non-hydrogen) atoms. The lowest BCUT2D eigenvalue weighted by molar-refractivity contribution is -0.115. The number of hydrazone groups is 1. The quantitative estimate of drug-likeness (QED) is 0.476. The van der Waals surface area contributed by atoms with Crippen LogP contribution < -0.4 is 5.43 Å². The van der Waals surface area contributed by atoms with Gasteiger partial charge in [0, 0.05) is 18.7 Å². The molecular weight excluding hydrogens is 130 g/mol. The van der Waals surface area contributed by atoms with Crippen LogP contribution in [-0.4, -0.2) is 30.8 Å². The number of nitrogens with one attached hydrogen (secondary N) is 1. The maximum absolute atomic E-state index is 11.0. The molecule has 0 fully saturated rings. The molecule has 0 aromatic heterocycles. The van der Waals surface area contributed by atoms with Gasteiger partial charge in [-0.15, -0.1) is 0 Å². The van der Waals surface area contributed by atoms with Gasteiger partial charge in [0.1, 0.15) is 6.04 Å². The summed E-state index contributed by atoms with van der Waals surface area (Å²) >= 11 is 0. The van der Waals surface area contributed by atoms with Crippen LogP contribution in [0.15, 0.2) is 10.1 Å². The zero-order valence-corrected chi connectivity index (χ0v) is 5.32. The first-order valence-electron chi connectivity index (χ1n) is 3.20. The van der Waals surface area contributed by atoms with Crippen LogP contribution >= 0.6 is 0 Å². The summed E-state index contributed by atoms with van der Waals surface area (Å²) in [5.41, 5.74) is 2.74. The molecule has 1 N–H and O–H groups in total. The molecule has 0 aromatic rings. The molecule has 2 unspecified atom stereocenters. The first-order valence-corrected chi connectivity index (χ1v) is 3.20. The van der Waals surface area contributed by atoms with Crippen molar-refractivity contribution in [2.45, 2.75) is 6.04 Å². The second-order valence-corrected chi connectivity index (χ2v) is 2.45. The Morgan fingerprint density at radius 3 is 3.40 bits per heavy atom. The molecule has 2 aliphatic heterocycles. The molecule has 0 saturated heterocycles. The van der Waals surface area contributed by atoms with Crippen molar-refractivity contribution in [1.82, 2.24) is 5.43 Å². The molecular formula is C6H7N3O. The predicted octanol–water partition coefficient (Wildman–Crippen LogP) is -0.786. The Balaban J connectivity index is 2.25. The monoisotopic (exact) mass is 137 g/mol. The van der Waals surface area contributed by atoms with Gasteiger partial charge in [0.15, 0.2) is 5.78 Å². The minimum absolute atomic E-state index is 0.0359. The highest BCUT2D eigenvalue weighted by atomic mass is 16.1. The van der Waals surface area contributed by atoms with E-state index in [1.807, 2.05) is 0 Å². The summed E-state index contributed by atoms with van der Waals surface area (Å²) in [7, 11) is 0. The van der Waals surface area contributed by atoms with Gasteiger partial charge in [-0.25, -0.2) is 0 Å². The second-order valence-electron chi connectivity index (χ2n) is 2.45. The third kappa shape index (κ3) is 0.650. The molecule has 4 nitrogen and oxygen atoms in total. The normalized spacial score (nSPS) is 35.8. The third-order valence-electron chi connectivity index (χ3n) is 1.75. The van der Waals surface area contributed by atoms with Gasteiger partial charge in [0.25, 0.3) is 0 Å². The lowest BCUT2D eigenvalue weighted by Crippen LogP contribution is -2.40. The summed E-state index contributed by atoms with van der Waals surface area (Å²) in [5.74, 6) is 0.228. The van der Waals surface area contributed by atoms with Crippen molar-refractivity contribution in [3.8, 4) is 0 Å². The maximum atomic E-state index is 11.0. The van der Waals surface area contributed by atoms with Crippen molar-refractivity contribution >= 4 is 18.2 Å². The highest BCUT2D eigenvalue weighted by Crippen LogP contribution is 2.11. The average Bonchev–Trinajstić information content (AvgIpc) is 2.36. The Kier molecular flexibility index (Phi) is 1.06. The van der Waals surface area contributed by atoms with Crippen LogP contribution in [0.25, 0.3) is 0 Å². The number of rotatable bonds is 0. The minimum atomic E-state index is -0.127. The van der Waals surface area contributed by atoms with E-state index in [4.69, 9.17) is 0 Å². The molecule has 0 aromatic carbocycles. The van der Waals surface area contributed by atoms with Gasteiger partial charge in [0.2, 0.25) is 0 Å². The fraction of sp³-hybridized carbons (Fsp3) is 0.500. The molecule has 2 atom stereocenters. The number of carbonyl (C=O) groups excluding carboxylic acids is 1. The van der Waals surface area contributed by atoms with E-state index in [1.165, 1.54) is 6.21 Å². The summed E-state index contributed by atoms with van der Waals surface area (Å²) in [6.45, 7) is 0.687. The van der Waals surface area contributed by atoms with Gasteiger partial charge in [-0.05, 0) is 0 Å². The number of fused-ring (bicyclic) bond motifs is 1. The van der Waals surface area contributed by atoms with Crippen molar-refractivity contribution in [2.75, 3.05) is 6.54 Å². The number of carbonyl (C=O) groups is 1. The largest absolute Gasteiger partial charge is 0.299 e. The fourth-order valence-electron chi connectivity index (χ4n) is 1.17. The van der Waals surface area contributed by atoms with Crippen LogP contribution in [0.5, 0.6) is 0 Å². The summed E-state index contributed by atoms with van der Waals surface area (Å²) < 4.78 is 0. The molecule has 0 aliphatic carbocycles. The number of nitrogens with zero attached hydrogens (tertiary/aromatic N) is 2. The standard InChI is InChI=1S/C6H7N3O/c10-5-3-7-1-4-2-8-9-6(4)5/h2-4,6,9H,1H2. The van der Waals surface area contributed by atoms with E-state index in [-0.39, 0.29) is 17.7 Å². The van der Waals surface area contributed by atoms with Crippen LogP contribution in [0, 0.1) is 5.92 Å². The second kappa shape index (κ2) is 1.90. The summed E-state index contributed by atoms with van der Waals surface area (Å²) in [6, 6.07) is -0.127. The highest BCUT2D eigenvalue weighted by molar-refractivity contribution is 6.31. The van der Waals surface area contributed by atoms with Gasteiger partial charge in [0.05, 0.1) is 6.21 Å². The molecule has 0 amide bonds. The zero-order valence-electron chi connectivity index (χ0n) is 5.32. The van der Waals surface area contributed by atoms with Crippen LogP contribution in [-0.2, 0) is 4.79 Å².